The second-order valence-corrected chi connectivity index (χ2v) is 8.23. The van der Waals surface area contributed by atoms with Gasteiger partial charge in [-0.1, -0.05) is 6.42 Å². The second kappa shape index (κ2) is 8.58. The van der Waals surface area contributed by atoms with Gasteiger partial charge in [0.05, 0.1) is 17.2 Å². The Morgan fingerprint density at radius 3 is 2.52 bits per heavy atom. The molecule has 3 heterocycles. The van der Waals surface area contributed by atoms with Crippen LogP contribution in [0.1, 0.15) is 30.7 Å². The summed E-state index contributed by atoms with van der Waals surface area (Å²) in [6.07, 6.45) is -0.323. The van der Waals surface area contributed by atoms with E-state index in [0.29, 0.717) is 43.7 Å². The van der Waals surface area contributed by atoms with Crippen LogP contribution in [0.25, 0.3) is 0 Å². The molecule has 0 unspecified atom stereocenters. The molecule has 1 saturated heterocycles. The van der Waals surface area contributed by atoms with Crippen LogP contribution >= 0.6 is 12.2 Å². The molecule has 8 nitrogen and oxygen atoms in total. The molecule has 0 bridgehead atoms. The highest BCUT2D eigenvalue weighted by Crippen LogP contribution is 2.36. The lowest BCUT2D eigenvalue weighted by molar-refractivity contribution is -0.384. The molecule has 0 spiro atoms. The third-order valence-electron chi connectivity index (χ3n) is 5.83. The number of hydrogen-bond acceptors (Lipinski definition) is 6. The van der Waals surface area contributed by atoms with Gasteiger partial charge in [0, 0.05) is 45.2 Å². The van der Waals surface area contributed by atoms with Gasteiger partial charge >= 0.3 is 6.18 Å². The molecule has 1 aromatic carbocycles. The molecule has 0 amide bonds. The van der Waals surface area contributed by atoms with E-state index < -0.39 is 22.4 Å². The van der Waals surface area contributed by atoms with E-state index in [-0.39, 0.29) is 5.69 Å². The van der Waals surface area contributed by atoms with Gasteiger partial charge in [-0.25, -0.2) is 4.68 Å². The molecule has 1 aromatic heterocycles. The summed E-state index contributed by atoms with van der Waals surface area (Å²) < 4.78 is 43.5. The predicted molar refractivity (Wildman–Crippen MR) is 110 cm³/mol. The molecule has 0 radical (unpaired) electrons. The van der Waals surface area contributed by atoms with Crippen LogP contribution in [0.5, 0.6) is 0 Å². The Morgan fingerprint density at radius 1 is 1.10 bits per heavy atom. The lowest BCUT2D eigenvalue weighted by atomic mass is 10.1. The van der Waals surface area contributed by atoms with Crippen molar-refractivity contribution in [3.05, 3.63) is 44.5 Å². The summed E-state index contributed by atoms with van der Waals surface area (Å²) in [6, 6.07) is 2.70. The monoisotopic (exact) mass is 456 g/mol. The van der Waals surface area contributed by atoms with Gasteiger partial charge in [-0.15, -0.1) is 0 Å². The fourth-order valence-electron chi connectivity index (χ4n) is 4.15. The fraction of sp³-hybridized carbons (Fsp3) is 0.579. The molecular weight excluding hydrogens is 433 g/mol. The Balaban J connectivity index is 1.45. The predicted octanol–water partition coefficient (Wildman–Crippen LogP) is 3.85. The van der Waals surface area contributed by atoms with Crippen LogP contribution in [0.3, 0.4) is 0 Å². The molecule has 2 aliphatic heterocycles. The highest BCUT2D eigenvalue weighted by molar-refractivity contribution is 7.71. The Kier molecular flexibility index (Phi) is 6.02. The zero-order valence-corrected chi connectivity index (χ0v) is 17.7. The van der Waals surface area contributed by atoms with Gasteiger partial charge < -0.3 is 9.47 Å². The summed E-state index contributed by atoms with van der Waals surface area (Å²) in [5.74, 6) is 1.02. The molecule has 31 heavy (non-hydrogen) atoms. The number of aromatic nitrogens is 3. The molecule has 0 N–H and O–H groups in total. The second-order valence-electron chi connectivity index (χ2n) is 7.87. The molecule has 2 aliphatic rings. The largest absolute Gasteiger partial charge is 0.416 e. The maximum absolute atomic E-state index is 12.9. The SMILES string of the molecule is O=[N+]([O-])c1cc(C(F)(F)F)ccc1N1CCN(Cn2nc3n(c2=S)CCCCC3)CC1. The average Bonchev–Trinajstić information content (AvgIpc) is 2.89. The number of piperazine rings is 1. The number of alkyl halides is 3. The van der Waals surface area contributed by atoms with Gasteiger partial charge in [-0.05, 0) is 37.2 Å². The third-order valence-corrected chi connectivity index (χ3v) is 6.26. The minimum atomic E-state index is -4.62. The first-order valence-corrected chi connectivity index (χ1v) is 10.6. The van der Waals surface area contributed by atoms with Gasteiger partial charge in [0.15, 0.2) is 4.77 Å². The molecular formula is C19H23F3N6O2S. The van der Waals surface area contributed by atoms with Crippen molar-refractivity contribution in [2.45, 2.75) is 45.1 Å². The maximum atomic E-state index is 12.9. The summed E-state index contributed by atoms with van der Waals surface area (Å²) in [4.78, 5) is 14.5. The van der Waals surface area contributed by atoms with E-state index in [0.717, 1.165) is 37.7 Å². The number of fused-ring (bicyclic) bond motifs is 1. The Morgan fingerprint density at radius 2 is 1.84 bits per heavy atom. The highest BCUT2D eigenvalue weighted by Gasteiger charge is 2.34. The first kappa shape index (κ1) is 21.8. The molecule has 168 valence electrons. The number of nitro groups is 1. The van der Waals surface area contributed by atoms with E-state index in [1.807, 2.05) is 4.68 Å². The zero-order valence-electron chi connectivity index (χ0n) is 16.8. The van der Waals surface area contributed by atoms with Crippen LogP contribution in [-0.2, 0) is 25.8 Å². The number of halogens is 3. The quantitative estimate of drug-likeness (QED) is 0.395. The standard InChI is InChI=1S/C19H23F3N6O2S/c20-19(21,22)14-5-6-15(16(12-14)28(29)30)25-10-8-24(9-11-25)13-27-18(31)26-7-3-1-2-4-17(26)23-27/h5-6,12H,1-4,7-11,13H2. The average molecular weight is 456 g/mol. The lowest BCUT2D eigenvalue weighted by Gasteiger charge is -2.35. The van der Waals surface area contributed by atoms with Crippen LogP contribution in [0.4, 0.5) is 24.5 Å². The van der Waals surface area contributed by atoms with Gasteiger partial charge in [0.2, 0.25) is 0 Å². The number of nitro benzene ring substituents is 1. The molecule has 2 aromatic rings. The minimum Gasteiger partial charge on any atom is -0.363 e. The number of nitrogens with zero attached hydrogens (tertiary/aromatic N) is 6. The first-order valence-electron chi connectivity index (χ1n) is 10.2. The molecule has 0 aliphatic carbocycles. The highest BCUT2D eigenvalue weighted by atomic mass is 32.1. The summed E-state index contributed by atoms with van der Waals surface area (Å²) in [5.41, 5.74) is -1.33. The smallest absolute Gasteiger partial charge is 0.363 e. The Hall–Kier alpha value is -2.47. The van der Waals surface area contributed by atoms with Gasteiger partial charge in [0.1, 0.15) is 11.5 Å². The van der Waals surface area contributed by atoms with E-state index in [9.17, 15) is 23.3 Å². The number of hydrogen-bond donors (Lipinski definition) is 0. The van der Waals surface area contributed by atoms with Crippen molar-refractivity contribution in [3.8, 4) is 0 Å². The molecule has 0 atom stereocenters. The number of benzene rings is 1. The van der Waals surface area contributed by atoms with E-state index in [1.54, 1.807) is 4.90 Å². The molecule has 12 heteroatoms. The Labute approximate surface area is 182 Å². The van der Waals surface area contributed by atoms with Crippen LogP contribution < -0.4 is 4.90 Å². The molecule has 0 saturated carbocycles. The topological polar surface area (TPSA) is 72.4 Å². The summed E-state index contributed by atoms with van der Waals surface area (Å²) in [5, 5.41) is 16.1. The maximum Gasteiger partial charge on any atom is 0.416 e. The van der Waals surface area contributed by atoms with Crippen LogP contribution in [0.2, 0.25) is 0 Å². The lowest BCUT2D eigenvalue weighted by Crippen LogP contribution is -2.47. The fourth-order valence-corrected chi connectivity index (χ4v) is 4.45. The first-order chi connectivity index (χ1) is 14.7. The van der Waals surface area contributed by atoms with Crippen molar-refractivity contribution >= 4 is 23.6 Å². The van der Waals surface area contributed by atoms with Crippen molar-refractivity contribution < 1.29 is 18.1 Å². The van der Waals surface area contributed by atoms with E-state index in [1.165, 1.54) is 12.5 Å². The summed E-state index contributed by atoms with van der Waals surface area (Å²) >= 11 is 5.59. The van der Waals surface area contributed by atoms with Crippen molar-refractivity contribution in [1.82, 2.24) is 19.2 Å². The van der Waals surface area contributed by atoms with Crippen LogP contribution in [0, 0.1) is 14.9 Å². The van der Waals surface area contributed by atoms with Crippen LogP contribution in [-0.4, -0.2) is 50.3 Å². The van der Waals surface area contributed by atoms with E-state index in [4.69, 9.17) is 12.2 Å². The molecule has 4 rings (SSSR count). The van der Waals surface area contributed by atoms with Crippen LogP contribution in [0.15, 0.2) is 18.2 Å². The number of aryl methyl sites for hydroxylation is 1. The van der Waals surface area contributed by atoms with E-state index in [2.05, 4.69) is 14.6 Å². The third kappa shape index (κ3) is 4.59. The number of rotatable bonds is 4. The molecule has 1 fully saturated rings. The summed E-state index contributed by atoms with van der Waals surface area (Å²) in [6.45, 7) is 3.55. The minimum absolute atomic E-state index is 0.211. The van der Waals surface area contributed by atoms with Gasteiger partial charge in [-0.2, -0.15) is 18.3 Å². The Bertz CT molecular complexity index is 1030. The van der Waals surface area contributed by atoms with Crippen molar-refractivity contribution in [2.24, 2.45) is 0 Å². The number of anilines is 1. The zero-order chi connectivity index (χ0) is 22.2. The van der Waals surface area contributed by atoms with Gasteiger partial charge in [0.25, 0.3) is 5.69 Å². The van der Waals surface area contributed by atoms with E-state index >= 15 is 0 Å². The normalized spacial score (nSPS) is 18.0. The summed E-state index contributed by atoms with van der Waals surface area (Å²) in [7, 11) is 0. The van der Waals surface area contributed by atoms with Crippen molar-refractivity contribution in [3.63, 3.8) is 0 Å². The van der Waals surface area contributed by atoms with Gasteiger partial charge in [-0.3, -0.25) is 15.0 Å². The van der Waals surface area contributed by atoms with Crippen molar-refractivity contribution in [2.75, 3.05) is 31.1 Å². The van der Waals surface area contributed by atoms with Crippen molar-refractivity contribution in [1.29, 1.82) is 0 Å².